The smallest absolute Gasteiger partial charge is 0.292 e. The molecule has 1 heterocycles. The lowest BCUT2D eigenvalue weighted by Crippen LogP contribution is -2.26. The maximum absolute atomic E-state index is 10.8. The van der Waals surface area contributed by atoms with E-state index in [4.69, 9.17) is 4.74 Å². The predicted octanol–water partition coefficient (Wildman–Crippen LogP) is 2.43. The Labute approximate surface area is 99.9 Å². The molecule has 1 aromatic rings. The van der Waals surface area contributed by atoms with Gasteiger partial charge in [-0.15, -0.1) is 0 Å². The Morgan fingerprint density at radius 2 is 2.29 bits per heavy atom. The van der Waals surface area contributed by atoms with E-state index in [1.165, 1.54) is 6.07 Å². The van der Waals surface area contributed by atoms with Crippen molar-refractivity contribution in [2.75, 3.05) is 25.1 Å². The van der Waals surface area contributed by atoms with Crippen LogP contribution in [0.3, 0.4) is 0 Å². The third-order valence-electron chi connectivity index (χ3n) is 3.11. The van der Waals surface area contributed by atoms with Gasteiger partial charge in [0.05, 0.1) is 11.5 Å². The van der Waals surface area contributed by atoms with Crippen molar-refractivity contribution in [1.29, 1.82) is 0 Å². The first kappa shape index (κ1) is 11.9. The summed E-state index contributed by atoms with van der Waals surface area (Å²) in [4.78, 5) is 10.5. The van der Waals surface area contributed by atoms with Crippen LogP contribution >= 0.6 is 0 Å². The highest BCUT2D eigenvalue weighted by Crippen LogP contribution is 2.30. The van der Waals surface area contributed by atoms with Gasteiger partial charge in [0.2, 0.25) is 0 Å². The van der Waals surface area contributed by atoms with Crippen LogP contribution in [0.15, 0.2) is 24.3 Å². The maximum Gasteiger partial charge on any atom is 0.292 e. The summed E-state index contributed by atoms with van der Waals surface area (Å²) in [6, 6.07) is 6.71. The monoisotopic (exact) mass is 236 g/mol. The standard InChI is InChI=1S/C12H16N2O3/c1-12(6-7-17-9-12)8-13-10-4-2-3-5-11(10)14(15)16/h2-5,13H,6-9H2,1H3. The van der Waals surface area contributed by atoms with E-state index < -0.39 is 0 Å². The molecule has 17 heavy (non-hydrogen) atoms. The molecule has 1 N–H and O–H groups in total. The number of para-hydroxylation sites is 2. The molecule has 0 bridgehead atoms. The molecule has 2 rings (SSSR count). The van der Waals surface area contributed by atoms with Crippen molar-refractivity contribution in [3.8, 4) is 0 Å². The van der Waals surface area contributed by atoms with Gasteiger partial charge in [0.25, 0.3) is 5.69 Å². The number of nitrogens with one attached hydrogen (secondary N) is 1. The summed E-state index contributed by atoms with van der Waals surface area (Å²) < 4.78 is 5.35. The van der Waals surface area contributed by atoms with Crippen LogP contribution in [0, 0.1) is 15.5 Å². The van der Waals surface area contributed by atoms with Crippen molar-refractivity contribution in [3.05, 3.63) is 34.4 Å². The van der Waals surface area contributed by atoms with Crippen LogP contribution in [0.1, 0.15) is 13.3 Å². The van der Waals surface area contributed by atoms with E-state index in [9.17, 15) is 10.1 Å². The van der Waals surface area contributed by atoms with Gasteiger partial charge in [-0.3, -0.25) is 10.1 Å². The van der Waals surface area contributed by atoms with Crippen LogP contribution in [0.25, 0.3) is 0 Å². The number of benzene rings is 1. The predicted molar refractivity (Wildman–Crippen MR) is 65.1 cm³/mol. The Balaban J connectivity index is 2.06. The van der Waals surface area contributed by atoms with Crippen molar-refractivity contribution >= 4 is 11.4 Å². The normalized spacial score (nSPS) is 23.6. The highest BCUT2D eigenvalue weighted by atomic mass is 16.6. The average molecular weight is 236 g/mol. The number of ether oxygens (including phenoxy) is 1. The molecule has 0 aromatic heterocycles. The second-order valence-corrected chi connectivity index (χ2v) is 4.74. The second-order valence-electron chi connectivity index (χ2n) is 4.74. The van der Waals surface area contributed by atoms with Gasteiger partial charge >= 0.3 is 0 Å². The van der Waals surface area contributed by atoms with Crippen molar-refractivity contribution in [2.45, 2.75) is 13.3 Å². The van der Waals surface area contributed by atoms with Gasteiger partial charge in [0, 0.05) is 24.6 Å². The summed E-state index contributed by atoms with van der Waals surface area (Å²) in [6.07, 6.45) is 0.987. The number of anilines is 1. The van der Waals surface area contributed by atoms with Crippen molar-refractivity contribution in [3.63, 3.8) is 0 Å². The molecule has 0 spiro atoms. The van der Waals surface area contributed by atoms with E-state index in [-0.39, 0.29) is 16.0 Å². The fraction of sp³-hybridized carbons (Fsp3) is 0.500. The minimum absolute atomic E-state index is 0.0731. The zero-order valence-electron chi connectivity index (χ0n) is 9.81. The van der Waals surface area contributed by atoms with Gasteiger partial charge in [0.15, 0.2) is 0 Å². The highest BCUT2D eigenvalue weighted by Gasteiger charge is 2.30. The fourth-order valence-corrected chi connectivity index (χ4v) is 1.94. The molecule has 1 unspecified atom stereocenters. The number of hydrogen-bond acceptors (Lipinski definition) is 4. The average Bonchev–Trinajstić information content (AvgIpc) is 2.74. The van der Waals surface area contributed by atoms with Crippen LogP contribution in [0.2, 0.25) is 0 Å². The minimum Gasteiger partial charge on any atom is -0.381 e. The van der Waals surface area contributed by atoms with E-state index >= 15 is 0 Å². The Kier molecular flexibility index (Phi) is 3.28. The van der Waals surface area contributed by atoms with Crippen LogP contribution < -0.4 is 5.32 Å². The summed E-state index contributed by atoms with van der Waals surface area (Å²) >= 11 is 0. The van der Waals surface area contributed by atoms with E-state index in [0.29, 0.717) is 18.8 Å². The van der Waals surface area contributed by atoms with Gasteiger partial charge < -0.3 is 10.1 Å². The molecule has 92 valence electrons. The summed E-state index contributed by atoms with van der Waals surface area (Å²) in [6.45, 7) is 4.30. The van der Waals surface area contributed by atoms with Gasteiger partial charge in [0.1, 0.15) is 5.69 Å². The first-order valence-electron chi connectivity index (χ1n) is 5.66. The van der Waals surface area contributed by atoms with E-state index in [2.05, 4.69) is 12.2 Å². The number of nitro benzene ring substituents is 1. The molecule has 1 aromatic carbocycles. The quantitative estimate of drug-likeness (QED) is 0.644. The topological polar surface area (TPSA) is 64.4 Å². The van der Waals surface area contributed by atoms with Gasteiger partial charge in [-0.1, -0.05) is 19.1 Å². The van der Waals surface area contributed by atoms with Crippen LogP contribution in [0.4, 0.5) is 11.4 Å². The Morgan fingerprint density at radius 1 is 1.53 bits per heavy atom. The van der Waals surface area contributed by atoms with Crippen molar-refractivity contribution in [1.82, 2.24) is 0 Å². The summed E-state index contributed by atoms with van der Waals surface area (Å²) in [7, 11) is 0. The van der Waals surface area contributed by atoms with Crippen LogP contribution in [0.5, 0.6) is 0 Å². The number of nitrogens with zero attached hydrogens (tertiary/aromatic N) is 1. The molecule has 0 radical (unpaired) electrons. The largest absolute Gasteiger partial charge is 0.381 e. The molecule has 1 saturated heterocycles. The number of rotatable bonds is 4. The SMILES string of the molecule is CC1(CNc2ccccc2[N+](=O)[O-])CCOC1. The summed E-state index contributed by atoms with van der Waals surface area (Å²) in [5.41, 5.74) is 0.768. The Morgan fingerprint density at radius 3 is 2.94 bits per heavy atom. The molecule has 1 fully saturated rings. The van der Waals surface area contributed by atoms with Gasteiger partial charge in [-0.25, -0.2) is 0 Å². The minimum atomic E-state index is -0.365. The molecule has 5 nitrogen and oxygen atoms in total. The molecule has 0 saturated carbocycles. The van der Waals surface area contributed by atoms with Gasteiger partial charge in [-0.2, -0.15) is 0 Å². The fourth-order valence-electron chi connectivity index (χ4n) is 1.94. The van der Waals surface area contributed by atoms with E-state index in [1.807, 2.05) is 0 Å². The van der Waals surface area contributed by atoms with E-state index in [1.54, 1.807) is 18.2 Å². The lowest BCUT2D eigenvalue weighted by atomic mass is 9.90. The molecule has 5 heteroatoms. The number of hydrogen-bond donors (Lipinski definition) is 1. The van der Waals surface area contributed by atoms with Crippen LogP contribution in [-0.4, -0.2) is 24.7 Å². The first-order chi connectivity index (χ1) is 8.11. The highest BCUT2D eigenvalue weighted by molar-refractivity contribution is 5.61. The van der Waals surface area contributed by atoms with Gasteiger partial charge in [-0.05, 0) is 12.5 Å². The lowest BCUT2D eigenvalue weighted by Gasteiger charge is -2.22. The summed E-state index contributed by atoms with van der Waals surface area (Å²) in [5.74, 6) is 0. The Bertz CT molecular complexity index is 414. The molecule has 1 aliphatic heterocycles. The Hall–Kier alpha value is -1.62. The van der Waals surface area contributed by atoms with Crippen LogP contribution in [-0.2, 0) is 4.74 Å². The summed E-state index contributed by atoms with van der Waals surface area (Å²) in [5, 5.41) is 14.0. The lowest BCUT2D eigenvalue weighted by molar-refractivity contribution is -0.384. The molecule has 1 atom stereocenters. The molecule has 0 aliphatic carbocycles. The molecule has 1 aliphatic rings. The van der Waals surface area contributed by atoms with Crippen molar-refractivity contribution in [2.24, 2.45) is 5.41 Å². The second kappa shape index (κ2) is 4.71. The van der Waals surface area contributed by atoms with E-state index in [0.717, 1.165) is 13.0 Å². The molecular formula is C12H16N2O3. The third-order valence-corrected chi connectivity index (χ3v) is 3.11. The molecular weight excluding hydrogens is 220 g/mol. The zero-order valence-corrected chi connectivity index (χ0v) is 9.81. The number of nitro groups is 1. The first-order valence-corrected chi connectivity index (χ1v) is 5.66. The third kappa shape index (κ3) is 2.74. The van der Waals surface area contributed by atoms with Crippen molar-refractivity contribution < 1.29 is 9.66 Å². The zero-order chi connectivity index (χ0) is 12.3. The molecule has 0 amide bonds. The maximum atomic E-state index is 10.8.